The molecule has 2 rings (SSSR count). The second-order valence-electron chi connectivity index (χ2n) is 5.18. The average molecular weight is 378 g/mol. The van der Waals surface area contributed by atoms with Crippen LogP contribution in [0.5, 0.6) is 5.75 Å². The zero-order valence-electron chi connectivity index (χ0n) is 12.8. The highest BCUT2D eigenvalue weighted by molar-refractivity contribution is 8.23. The SMILES string of the molecule is O=C(CSC(=S)N1CCCC1)NCc1ccccc1OC(F)(F)F. The van der Waals surface area contributed by atoms with Gasteiger partial charge in [-0.2, -0.15) is 0 Å². The molecule has 1 saturated heterocycles. The number of nitrogens with one attached hydrogen (secondary N) is 1. The molecule has 1 aromatic rings. The van der Waals surface area contributed by atoms with Gasteiger partial charge < -0.3 is 15.0 Å². The minimum absolute atomic E-state index is 0.0396. The zero-order valence-corrected chi connectivity index (χ0v) is 14.4. The van der Waals surface area contributed by atoms with Crippen LogP contribution in [0.3, 0.4) is 0 Å². The van der Waals surface area contributed by atoms with Gasteiger partial charge in [0, 0.05) is 25.2 Å². The molecule has 0 spiro atoms. The lowest BCUT2D eigenvalue weighted by Crippen LogP contribution is -2.28. The lowest BCUT2D eigenvalue weighted by molar-refractivity contribution is -0.274. The number of ether oxygens (including phenoxy) is 1. The third-order valence-electron chi connectivity index (χ3n) is 3.37. The van der Waals surface area contributed by atoms with Crippen LogP contribution >= 0.6 is 24.0 Å². The molecule has 132 valence electrons. The van der Waals surface area contributed by atoms with Gasteiger partial charge in [-0.05, 0) is 18.9 Å². The van der Waals surface area contributed by atoms with Crippen molar-refractivity contribution in [1.82, 2.24) is 10.2 Å². The van der Waals surface area contributed by atoms with Crippen LogP contribution < -0.4 is 10.1 Å². The lowest BCUT2D eigenvalue weighted by atomic mass is 10.2. The first kappa shape index (κ1) is 18.9. The first-order valence-corrected chi connectivity index (χ1v) is 8.76. The van der Waals surface area contributed by atoms with Crippen LogP contribution in [0.2, 0.25) is 0 Å². The minimum atomic E-state index is -4.77. The fourth-order valence-electron chi connectivity index (χ4n) is 2.24. The molecular weight excluding hydrogens is 361 g/mol. The van der Waals surface area contributed by atoms with Crippen molar-refractivity contribution in [2.75, 3.05) is 18.8 Å². The summed E-state index contributed by atoms with van der Waals surface area (Å²) in [6.45, 7) is 1.79. The van der Waals surface area contributed by atoms with Crippen molar-refractivity contribution in [3.8, 4) is 5.75 Å². The van der Waals surface area contributed by atoms with Gasteiger partial charge in [0.2, 0.25) is 5.91 Å². The lowest BCUT2D eigenvalue weighted by Gasteiger charge is -2.17. The van der Waals surface area contributed by atoms with E-state index in [9.17, 15) is 18.0 Å². The predicted octanol–water partition coefficient (Wildman–Crippen LogP) is 3.32. The molecule has 0 aromatic heterocycles. The number of alkyl halides is 3. The minimum Gasteiger partial charge on any atom is -0.405 e. The topological polar surface area (TPSA) is 41.6 Å². The second kappa shape index (κ2) is 8.57. The van der Waals surface area contributed by atoms with Gasteiger partial charge in [0.15, 0.2) is 0 Å². The van der Waals surface area contributed by atoms with Crippen molar-refractivity contribution in [3.05, 3.63) is 29.8 Å². The van der Waals surface area contributed by atoms with Gasteiger partial charge in [0.1, 0.15) is 10.1 Å². The highest BCUT2D eigenvalue weighted by Gasteiger charge is 2.32. The molecule has 1 heterocycles. The first-order valence-electron chi connectivity index (χ1n) is 7.37. The van der Waals surface area contributed by atoms with E-state index in [2.05, 4.69) is 15.0 Å². The Labute approximate surface area is 147 Å². The number of hydrogen-bond acceptors (Lipinski definition) is 4. The van der Waals surface area contributed by atoms with Crippen molar-refractivity contribution in [2.24, 2.45) is 0 Å². The second-order valence-corrected chi connectivity index (χ2v) is 6.79. The van der Waals surface area contributed by atoms with Crippen molar-refractivity contribution >= 4 is 34.2 Å². The Morgan fingerprint density at radius 1 is 1.29 bits per heavy atom. The molecule has 1 aliphatic heterocycles. The summed E-state index contributed by atoms with van der Waals surface area (Å²) in [5, 5.41) is 2.59. The third-order valence-corrected chi connectivity index (χ3v) is 4.89. The van der Waals surface area contributed by atoms with E-state index in [-0.39, 0.29) is 29.5 Å². The normalized spacial score (nSPS) is 14.5. The summed E-state index contributed by atoms with van der Waals surface area (Å²) in [5.74, 6) is -0.466. The van der Waals surface area contributed by atoms with Gasteiger partial charge in [-0.15, -0.1) is 13.2 Å². The van der Waals surface area contributed by atoms with Crippen LogP contribution in [-0.4, -0.2) is 40.3 Å². The van der Waals surface area contributed by atoms with Gasteiger partial charge in [0.05, 0.1) is 5.75 Å². The number of carbonyl (C=O) groups is 1. The number of nitrogens with zero attached hydrogens (tertiary/aromatic N) is 1. The number of halogens is 3. The third kappa shape index (κ3) is 6.20. The van der Waals surface area contributed by atoms with E-state index in [1.165, 1.54) is 30.0 Å². The molecule has 24 heavy (non-hydrogen) atoms. The Hall–Kier alpha value is -1.48. The molecule has 1 amide bonds. The average Bonchev–Trinajstić information content (AvgIpc) is 3.04. The van der Waals surface area contributed by atoms with Crippen molar-refractivity contribution in [3.63, 3.8) is 0 Å². The fourth-order valence-corrected chi connectivity index (χ4v) is 3.32. The molecule has 1 aliphatic rings. The van der Waals surface area contributed by atoms with Crippen LogP contribution in [0.1, 0.15) is 18.4 Å². The van der Waals surface area contributed by atoms with E-state index in [1.807, 2.05) is 0 Å². The van der Waals surface area contributed by atoms with E-state index < -0.39 is 6.36 Å². The maximum absolute atomic E-state index is 12.3. The molecule has 1 aromatic carbocycles. The summed E-state index contributed by atoms with van der Waals surface area (Å²) in [7, 11) is 0. The van der Waals surface area contributed by atoms with E-state index >= 15 is 0 Å². The van der Waals surface area contributed by atoms with Crippen LogP contribution in [-0.2, 0) is 11.3 Å². The number of benzene rings is 1. The summed E-state index contributed by atoms with van der Waals surface area (Å²) in [6.07, 6.45) is -2.57. The largest absolute Gasteiger partial charge is 0.573 e. The molecule has 0 atom stereocenters. The number of amides is 1. The molecule has 9 heteroatoms. The van der Waals surface area contributed by atoms with Crippen LogP contribution in [0.15, 0.2) is 24.3 Å². The summed E-state index contributed by atoms with van der Waals surface area (Å²) >= 11 is 6.52. The van der Waals surface area contributed by atoms with Gasteiger partial charge in [-0.25, -0.2) is 0 Å². The standard InChI is InChI=1S/C15H17F3N2O2S2/c16-15(17,18)22-12-6-2-1-5-11(12)9-19-13(21)10-24-14(23)20-7-3-4-8-20/h1-2,5-6H,3-4,7-10H2,(H,19,21). The van der Waals surface area contributed by atoms with Crippen molar-refractivity contribution in [1.29, 1.82) is 0 Å². The van der Waals surface area contributed by atoms with Crippen LogP contribution in [0, 0.1) is 0 Å². The van der Waals surface area contributed by atoms with E-state index in [0.29, 0.717) is 4.32 Å². The summed E-state index contributed by atoms with van der Waals surface area (Å²) in [5.41, 5.74) is 0.260. The Morgan fingerprint density at radius 2 is 1.96 bits per heavy atom. The number of carbonyl (C=O) groups excluding carboxylic acids is 1. The first-order chi connectivity index (χ1) is 11.3. The highest BCUT2D eigenvalue weighted by atomic mass is 32.2. The van der Waals surface area contributed by atoms with Gasteiger partial charge in [-0.1, -0.05) is 42.2 Å². The fraction of sp³-hybridized carbons (Fsp3) is 0.467. The van der Waals surface area contributed by atoms with Gasteiger partial charge in [-0.3, -0.25) is 4.79 Å². The molecule has 0 radical (unpaired) electrons. The van der Waals surface area contributed by atoms with E-state index in [1.54, 1.807) is 6.07 Å². The summed E-state index contributed by atoms with van der Waals surface area (Å²) in [4.78, 5) is 13.9. The Morgan fingerprint density at radius 3 is 2.62 bits per heavy atom. The highest BCUT2D eigenvalue weighted by Crippen LogP contribution is 2.26. The van der Waals surface area contributed by atoms with Gasteiger partial charge in [0.25, 0.3) is 0 Å². The molecule has 0 saturated carbocycles. The Kier molecular flexibility index (Phi) is 6.73. The van der Waals surface area contributed by atoms with Crippen LogP contribution in [0.4, 0.5) is 13.2 Å². The predicted molar refractivity (Wildman–Crippen MR) is 90.8 cm³/mol. The smallest absolute Gasteiger partial charge is 0.405 e. The van der Waals surface area contributed by atoms with Crippen LogP contribution in [0.25, 0.3) is 0 Å². The van der Waals surface area contributed by atoms with Gasteiger partial charge >= 0.3 is 6.36 Å². The molecule has 0 aliphatic carbocycles. The molecule has 1 N–H and O–H groups in total. The quantitative estimate of drug-likeness (QED) is 0.796. The Bertz CT molecular complexity index is 590. The van der Waals surface area contributed by atoms with Crippen molar-refractivity contribution in [2.45, 2.75) is 25.7 Å². The number of likely N-dealkylation sites (tertiary alicyclic amines) is 1. The molecule has 0 unspecified atom stereocenters. The maximum atomic E-state index is 12.3. The summed E-state index contributed by atoms with van der Waals surface area (Å²) < 4.78 is 41.7. The molecular formula is C15H17F3N2O2S2. The number of para-hydroxylation sites is 1. The number of thiocarbonyl (C=S) groups is 1. The van der Waals surface area contributed by atoms with E-state index in [0.717, 1.165) is 25.9 Å². The monoisotopic (exact) mass is 378 g/mol. The van der Waals surface area contributed by atoms with Crippen molar-refractivity contribution < 1.29 is 22.7 Å². The maximum Gasteiger partial charge on any atom is 0.573 e. The number of thioether (sulfide) groups is 1. The zero-order chi connectivity index (χ0) is 17.6. The molecule has 4 nitrogen and oxygen atoms in total. The van der Waals surface area contributed by atoms with E-state index in [4.69, 9.17) is 12.2 Å². The molecule has 1 fully saturated rings. The Balaban J connectivity index is 1.80. The number of rotatable bonds is 5. The molecule has 0 bridgehead atoms. The summed E-state index contributed by atoms with van der Waals surface area (Å²) in [6, 6.07) is 5.72. The number of hydrogen-bond donors (Lipinski definition) is 1.